The highest BCUT2D eigenvalue weighted by Crippen LogP contribution is 2.23. The van der Waals surface area contributed by atoms with Gasteiger partial charge in [0.25, 0.3) is 0 Å². The molecule has 1 N–H and O–H groups in total. The van der Waals surface area contributed by atoms with E-state index in [0.717, 1.165) is 0 Å². The molecule has 0 saturated heterocycles. The van der Waals surface area contributed by atoms with Gasteiger partial charge in [0.05, 0.1) is 12.7 Å². The summed E-state index contributed by atoms with van der Waals surface area (Å²) in [5.74, 6) is 0.659. The zero-order chi connectivity index (χ0) is 9.90. The molecule has 3 nitrogen and oxygen atoms in total. The van der Waals surface area contributed by atoms with Crippen molar-refractivity contribution in [3.63, 3.8) is 0 Å². The van der Waals surface area contributed by atoms with Crippen LogP contribution in [0, 0.1) is 11.3 Å². The third kappa shape index (κ3) is 2.41. The molecular formula is C10H16N2O. The number of hydrogen-bond acceptors (Lipinski definition) is 3. The lowest BCUT2D eigenvalue weighted by atomic mass is 9.81. The topological polar surface area (TPSA) is 45.0 Å². The molecular weight excluding hydrogens is 164 g/mol. The summed E-state index contributed by atoms with van der Waals surface area (Å²) in [5, 5.41) is 9.16. The number of hydrogen-bond donors (Lipinski definition) is 1. The molecule has 1 rings (SSSR count). The number of aliphatic hydroxyl groups excluding tert-OH is 1. The van der Waals surface area contributed by atoms with Crippen molar-refractivity contribution in [3.05, 3.63) is 12.0 Å². The van der Waals surface area contributed by atoms with Gasteiger partial charge in [-0.25, -0.2) is 0 Å². The van der Waals surface area contributed by atoms with Crippen LogP contribution in [0.3, 0.4) is 0 Å². The Morgan fingerprint density at radius 1 is 1.46 bits per heavy atom. The fourth-order valence-corrected chi connectivity index (χ4v) is 0.992. The monoisotopic (exact) mass is 180 g/mol. The van der Waals surface area contributed by atoms with Crippen LogP contribution >= 0.6 is 0 Å². The summed E-state index contributed by atoms with van der Waals surface area (Å²) in [7, 11) is 0. The molecule has 1 atom stereocenters. The fraction of sp³-hybridized carbons (Fsp3) is 0.600. The van der Waals surface area contributed by atoms with Crippen molar-refractivity contribution in [2.75, 3.05) is 6.54 Å². The zero-order valence-corrected chi connectivity index (χ0v) is 8.36. The van der Waals surface area contributed by atoms with E-state index in [9.17, 15) is 0 Å². The minimum absolute atomic E-state index is 0.100. The lowest BCUT2D eigenvalue weighted by molar-refractivity contribution is 0.399. The number of rotatable bonds is 1. The van der Waals surface area contributed by atoms with Crippen LogP contribution in [0.25, 0.3) is 0 Å². The SMILES string of the molecule is CC(C)C1(C)/C=N\C=C(\O)C/N=C\1. The molecule has 0 saturated carbocycles. The number of aliphatic hydroxyl groups is 1. The Morgan fingerprint density at radius 3 is 2.77 bits per heavy atom. The molecule has 0 fully saturated rings. The largest absolute Gasteiger partial charge is 0.509 e. The predicted molar refractivity (Wildman–Crippen MR) is 55.5 cm³/mol. The van der Waals surface area contributed by atoms with Crippen LogP contribution < -0.4 is 0 Å². The second-order valence-corrected chi connectivity index (χ2v) is 3.89. The maximum absolute atomic E-state index is 9.16. The first-order chi connectivity index (χ1) is 6.04. The summed E-state index contributed by atoms with van der Waals surface area (Å²) in [4.78, 5) is 8.21. The lowest BCUT2D eigenvalue weighted by Gasteiger charge is -2.25. The minimum Gasteiger partial charge on any atom is -0.509 e. The fourth-order valence-electron chi connectivity index (χ4n) is 0.992. The highest BCUT2D eigenvalue weighted by atomic mass is 16.3. The van der Waals surface area contributed by atoms with Gasteiger partial charge in [0.1, 0.15) is 5.76 Å². The maximum atomic E-state index is 9.16. The summed E-state index contributed by atoms with van der Waals surface area (Å²) in [5.41, 5.74) is -0.100. The maximum Gasteiger partial charge on any atom is 0.132 e. The van der Waals surface area contributed by atoms with Crippen LogP contribution in [0.5, 0.6) is 0 Å². The Hall–Kier alpha value is -1.12. The van der Waals surface area contributed by atoms with Gasteiger partial charge in [-0.05, 0) is 12.8 Å². The highest BCUT2D eigenvalue weighted by molar-refractivity contribution is 5.89. The first-order valence-corrected chi connectivity index (χ1v) is 4.48. The summed E-state index contributed by atoms with van der Waals surface area (Å²) < 4.78 is 0. The van der Waals surface area contributed by atoms with Gasteiger partial charge in [0.2, 0.25) is 0 Å². The lowest BCUT2D eigenvalue weighted by Crippen LogP contribution is -2.27. The first kappa shape index (κ1) is 9.96. The van der Waals surface area contributed by atoms with Gasteiger partial charge >= 0.3 is 0 Å². The summed E-state index contributed by atoms with van der Waals surface area (Å²) >= 11 is 0. The van der Waals surface area contributed by atoms with Crippen LogP contribution in [-0.4, -0.2) is 24.1 Å². The molecule has 1 heterocycles. The molecule has 0 radical (unpaired) electrons. The summed E-state index contributed by atoms with van der Waals surface area (Å²) in [6.45, 7) is 6.67. The van der Waals surface area contributed by atoms with E-state index in [-0.39, 0.29) is 11.2 Å². The van der Waals surface area contributed by atoms with Crippen LogP contribution in [0.15, 0.2) is 21.9 Å². The third-order valence-electron chi connectivity index (χ3n) is 2.44. The van der Waals surface area contributed by atoms with Crippen molar-refractivity contribution >= 4 is 12.4 Å². The molecule has 1 aliphatic rings. The summed E-state index contributed by atoms with van der Waals surface area (Å²) in [6, 6.07) is 0. The Labute approximate surface area is 78.9 Å². The van der Waals surface area contributed by atoms with Gasteiger partial charge in [-0.1, -0.05) is 13.8 Å². The Kier molecular flexibility index (Phi) is 2.86. The molecule has 0 aromatic heterocycles. The second kappa shape index (κ2) is 3.73. The number of aliphatic imine (C=N–C) groups is 2. The highest BCUT2D eigenvalue weighted by Gasteiger charge is 2.24. The molecule has 0 amide bonds. The molecule has 3 heteroatoms. The quantitative estimate of drug-likeness (QED) is 0.660. The van der Waals surface area contributed by atoms with Crippen molar-refractivity contribution in [1.29, 1.82) is 0 Å². The van der Waals surface area contributed by atoms with E-state index in [4.69, 9.17) is 5.11 Å². The molecule has 1 aliphatic heterocycles. The molecule has 1 unspecified atom stereocenters. The van der Waals surface area contributed by atoms with Crippen molar-refractivity contribution < 1.29 is 5.11 Å². The van der Waals surface area contributed by atoms with E-state index >= 15 is 0 Å². The average molecular weight is 180 g/mol. The van der Waals surface area contributed by atoms with E-state index in [0.29, 0.717) is 12.5 Å². The third-order valence-corrected chi connectivity index (χ3v) is 2.44. The van der Waals surface area contributed by atoms with Gasteiger partial charge in [0.15, 0.2) is 0 Å². The van der Waals surface area contributed by atoms with E-state index in [1.807, 2.05) is 12.4 Å². The van der Waals surface area contributed by atoms with Gasteiger partial charge < -0.3 is 5.11 Å². The van der Waals surface area contributed by atoms with Gasteiger partial charge in [0, 0.05) is 17.8 Å². The first-order valence-electron chi connectivity index (χ1n) is 4.48. The predicted octanol–water partition coefficient (Wildman–Crippen LogP) is 2.20. The Bertz CT molecular complexity index is 266. The van der Waals surface area contributed by atoms with Crippen molar-refractivity contribution in [2.45, 2.75) is 20.8 Å². The van der Waals surface area contributed by atoms with Crippen molar-refractivity contribution in [3.8, 4) is 0 Å². The van der Waals surface area contributed by atoms with Crippen LogP contribution in [0.1, 0.15) is 20.8 Å². The molecule has 13 heavy (non-hydrogen) atoms. The molecule has 0 aromatic carbocycles. The standard InChI is InChI=1S/C10H16N2O/c1-8(2)10(3)6-11-4-9(13)5-12-7-10/h4,6-8,13H,5H2,1-3H3/b9-4+,11-6-,12-7-. The van der Waals surface area contributed by atoms with E-state index < -0.39 is 0 Å². The molecule has 0 aromatic rings. The molecule has 0 spiro atoms. The van der Waals surface area contributed by atoms with Crippen LogP contribution in [0.2, 0.25) is 0 Å². The Morgan fingerprint density at radius 2 is 2.15 bits per heavy atom. The van der Waals surface area contributed by atoms with Crippen molar-refractivity contribution in [1.82, 2.24) is 0 Å². The van der Waals surface area contributed by atoms with Crippen LogP contribution in [0.4, 0.5) is 0 Å². The number of nitrogens with zero attached hydrogens (tertiary/aromatic N) is 2. The van der Waals surface area contributed by atoms with Gasteiger partial charge in [-0.3, -0.25) is 9.98 Å². The second-order valence-electron chi connectivity index (χ2n) is 3.89. The summed E-state index contributed by atoms with van der Waals surface area (Å²) in [6.07, 6.45) is 5.15. The normalized spacial score (nSPS) is 37.4. The van der Waals surface area contributed by atoms with Crippen molar-refractivity contribution in [2.24, 2.45) is 21.3 Å². The van der Waals surface area contributed by atoms with Gasteiger partial charge in [-0.15, -0.1) is 0 Å². The minimum atomic E-state index is -0.100. The molecule has 72 valence electrons. The van der Waals surface area contributed by atoms with Crippen LogP contribution in [-0.2, 0) is 0 Å². The van der Waals surface area contributed by atoms with E-state index in [1.54, 1.807) is 0 Å². The van der Waals surface area contributed by atoms with E-state index in [1.165, 1.54) is 6.20 Å². The zero-order valence-electron chi connectivity index (χ0n) is 8.36. The Balaban J connectivity index is 2.91. The van der Waals surface area contributed by atoms with Gasteiger partial charge in [-0.2, -0.15) is 0 Å². The van der Waals surface area contributed by atoms with E-state index in [2.05, 4.69) is 30.8 Å². The average Bonchev–Trinajstić information content (AvgIpc) is 2.01. The smallest absolute Gasteiger partial charge is 0.132 e. The molecule has 0 aliphatic carbocycles. The molecule has 0 bridgehead atoms.